The number of aromatic hydroxyl groups is 1. The highest BCUT2D eigenvalue weighted by atomic mass is 35.5. The molecule has 1 aromatic rings. The average molecular weight is 218 g/mol. The summed E-state index contributed by atoms with van der Waals surface area (Å²) < 4.78 is 13.1. The molecule has 0 unspecified atom stereocenters. The van der Waals surface area contributed by atoms with Gasteiger partial charge in [-0.1, -0.05) is 12.1 Å². The lowest BCUT2D eigenvalue weighted by molar-refractivity contribution is 0.466. The zero-order valence-corrected chi connectivity index (χ0v) is 8.43. The van der Waals surface area contributed by atoms with Gasteiger partial charge >= 0.3 is 0 Å². The summed E-state index contributed by atoms with van der Waals surface area (Å²) in [5, 5.41) is 8.95. The largest absolute Gasteiger partial charge is 0.508 e. The van der Waals surface area contributed by atoms with E-state index in [1.165, 1.54) is 12.1 Å². The van der Waals surface area contributed by atoms with Crippen LogP contribution in [0.25, 0.3) is 0 Å². The monoisotopic (exact) mass is 217 g/mol. The standard InChI is InChI=1S/C10H12FNO.ClH/c1-2-3-10(12)8-5-4-7(13)6-9(8)11;/h2,4-6,10,13H,1,3,12H2;1H/t10-;/m0./s1. The third-order valence-corrected chi connectivity index (χ3v) is 1.80. The molecule has 0 aromatic heterocycles. The van der Waals surface area contributed by atoms with Crippen molar-refractivity contribution in [2.75, 3.05) is 0 Å². The normalized spacial score (nSPS) is 11.6. The lowest BCUT2D eigenvalue weighted by atomic mass is 10.0. The third kappa shape index (κ3) is 3.01. The van der Waals surface area contributed by atoms with Crippen molar-refractivity contribution in [3.63, 3.8) is 0 Å². The molecule has 0 heterocycles. The zero-order chi connectivity index (χ0) is 9.84. The van der Waals surface area contributed by atoms with Gasteiger partial charge in [-0.15, -0.1) is 19.0 Å². The summed E-state index contributed by atoms with van der Waals surface area (Å²) in [6.45, 7) is 3.52. The number of hydrogen-bond acceptors (Lipinski definition) is 2. The molecule has 0 spiro atoms. The van der Waals surface area contributed by atoms with E-state index in [4.69, 9.17) is 10.8 Å². The van der Waals surface area contributed by atoms with Gasteiger partial charge in [0.25, 0.3) is 0 Å². The molecule has 4 heteroatoms. The van der Waals surface area contributed by atoms with Gasteiger partial charge in [-0.05, 0) is 12.5 Å². The number of halogens is 2. The van der Waals surface area contributed by atoms with E-state index in [0.29, 0.717) is 12.0 Å². The van der Waals surface area contributed by atoms with Gasteiger partial charge in [-0.2, -0.15) is 0 Å². The van der Waals surface area contributed by atoms with E-state index in [1.807, 2.05) is 0 Å². The number of phenols is 1. The van der Waals surface area contributed by atoms with Crippen molar-refractivity contribution in [1.29, 1.82) is 0 Å². The Morgan fingerprint density at radius 3 is 2.71 bits per heavy atom. The van der Waals surface area contributed by atoms with Gasteiger partial charge in [-0.25, -0.2) is 4.39 Å². The second kappa shape index (κ2) is 5.62. The molecule has 1 atom stereocenters. The molecule has 1 aromatic carbocycles. The minimum atomic E-state index is -0.477. The maximum Gasteiger partial charge on any atom is 0.131 e. The molecule has 0 fully saturated rings. The quantitative estimate of drug-likeness (QED) is 0.765. The lowest BCUT2D eigenvalue weighted by Crippen LogP contribution is -2.10. The van der Waals surface area contributed by atoms with Gasteiger partial charge in [0.15, 0.2) is 0 Å². The van der Waals surface area contributed by atoms with Crippen molar-refractivity contribution in [3.8, 4) is 5.75 Å². The number of benzene rings is 1. The van der Waals surface area contributed by atoms with Gasteiger partial charge in [-0.3, -0.25) is 0 Å². The van der Waals surface area contributed by atoms with Gasteiger partial charge in [0.2, 0.25) is 0 Å². The molecule has 0 amide bonds. The second-order valence-corrected chi connectivity index (χ2v) is 2.84. The van der Waals surface area contributed by atoms with Crippen molar-refractivity contribution in [3.05, 3.63) is 42.2 Å². The first-order valence-corrected chi connectivity index (χ1v) is 4.00. The first kappa shape index (κ1) is 12.9. The van der Waals surface area contributed by atoms with E-state index in [0.717, 1.165) is 6.07 Å². The fourth-order valence-corrected chi connectivity index (χ4v) is 1.12. The Hall–Kier alpha value is -1.06. The lowest BCUT2D eigenvalue weighted by Gasteiger charge is -2.10. The maximum atomic E-state index is 13.1. The molecular formula is C10H13ClFNO. The molecule has 1 rings (SSSR count). The number of nitrogens with two attached hydrogens (primary N) is 1. The van der Waals surface area contributed by atoms with Gasteiger partial charge in [0.1, 0.15) is 11.6 Å². The molecule has 0 aliphatic carbocycles. The van der Waals surface area contributed by atoms with E-state index in [1.54, 1.807) is 6.08 Å². The van der Waals surface area contributed by atoms with Gasteiger partial charge in [0, 0.05) is 17.7 Å². The van der Waals surface area contributed by atoms with E-state index < -0.39 is 11.9 Å². The Morgan fingerprint density at radius 2 is 2.21 bits per heavy atom. The average Bonchev–Trinajstić information content (AvgIpc) is 2.04. The van der Waals surface area contributed by atoms with Crippen LogP contribution < -0.4 is 5.73 Å². The highest BCUT2D eigenvalue weighted by molar-refractivity contribution is 5.85. The first-order chi connectivity index (χ1) is 6.15. The molecule has 0 aliphatic heterocycles. The van der Waals surface area contributed by atoms with Crippen LogP contribution in [0.1, 0.15) is 18.0 Å². The first-order valence-electron chi connectivity index (χ1n) is 4.00. The summed E-state index contributed by atoms with van der Waals surface area (Å²) in [4.78, 5) is 0. The molecule has 3 N–H and O–H groups in total. The summed E-state index contributed by atoms with van der Waals surface area (Å²) in [5.41, 5.74) is 6.06. The molecule has 0 bridgehead atoms. The third-order valence-electron chi connectivity index (χ3n) is 1.80. The van der Waals surface area contributed by atoms with Crippen LogP contribution in [0.3, 0.4) is 0 Å². The molecule has 0 saturated carbocycles. The molecular weight excluding hydrogens is 205 g/mol. The summed E-state index contributed by atoms with van der Waals surface area (Å²) in [6.07, 6.45) is 2.15. The topological polar surface area (TPSA) is 46.2 Å². The Labute approximate surface area is 88.7 Å². The van der Waals surface area contributed by atoms with Gasteiger partial charge < -0.3 is 10.8 Å². The van der Waals surface area contributed by atoms with Crippen molar-refractivity contribution in [1.82, 2.24) is 0 Å². The maximum absolute atomic E-state index is 13.1. The van der Waals surface area contributed by atoms with E-state index in [2.05, 4.69) is 6.58 Å². The van der Waals surface area contributed by atoms with E-state index in [-0.39, 0.29) is 18.2 Å². The predicted octanol–water partition coefficient (Wildman–Crippen LogP) is 2.53. The fraction of sp³-hybridized carbons (Fsp3) is 0.200. The minimum absolute atomic E-state index is 0. The van der Waals surface area contributed by atoms with Crippen LogP contribution in [-0.2, 0) is 0 Å². The van der Waals surface area contributed by atoms with Crippen molar-refractivity contribution in [2.24, 2.45) is 5.73 Å². The summed E-state index contributed by atoms with van der Waals surface area (Å²) in [5.74, 6) is -0.568. The van der Waals surface area contributed by atoms with E-state index >= 15 is 0 Å². The predicted molar refractivity (Wildman–Crippen MR) is 57.1 cm³/mol. The highest BCUT2D eigenvalue weighted by Gasteiger charge is 2.09. The molecule has 78 valence electrons. The van der Waals surface area contributed by atoms with Crippen LogP contribution in [0.4, 0.5) is 4.39 Å². The smallest absolute Gasteiger partial charge is 0.131 e. The van der Waals surface area contributed by atoms with Crippen LogP contribution in [0, 0.1) is 5.82 Å². The molecule has 0 saturated heterocycles. The number of phenolic OH excluding ortho intramolecular Hbond substituents is 1. The summed E-state index contributed by atoms with van der Waals surface area (Å²) in [7, 11) is 0. The Bertz CT molecular complexity index is 317. The Morgan fingerprint density at radius 1 is 1.57 bits per heavy atom. The van der Waals surface area contributed by atoms with Crippen LogP contribution >= 0.6 is 12.4 Å². The van der Waals surface area contributed by atoms with Crippen LogP contribution in [0.2, 0.25) is 0 Å². The molecule has 14 heavy (non-hydrogen) atoms. The number of rotatable bonds is 3. The number of hydrogen-bond donors (Lipinski definition) is 2. The van der Waals surface area contributed by atoms with Crippen molar-refractivity contribution in [2.45, 2.75) is 12.5 Å². The SMILES string of the molecule is C=CC[C@H](N)c1ccc(O)cc1F.Cl. The Balaban J connectivity index is 0.00000169. The zero-order valence-electron chi connectivity index (χ0n) is 7.61. The van der Waals surface area contributed by atoms with Crippen LogP contribution in [-0.4, -0.2) is 5.11 Å². The second-order valence-electron chi connectivity index (χ2n) is 2.84. The Kier molecular flexibility index (Phi) is 5.20. The summed E-state index contributed by atoms with van der Waals surface area (Å²) >= 11 is 0. The van der Waals surface area contributed by atoms with Crippen LogP contribution in [0.15, 0.2) is 30.9 Å². The molecule has 0 aliphatic rings. The minimum Gasteiger partial charge on any atom is -0.508 e. The highest BCUT2D eigenvalue weighted by Crippen LogP contribution is 2.21. The molecule has 2 nitrogen and oxygen atoms in total. The van der Waals surface area contributed by atoms with Crippen molar-refractivity contribution >= 4 is 12.4 Å². The molecule has 0 radical (unpaired) electrons. The van der Waals surface area contributed by atoms with E-state index in [9.17, 15) is 4.39 Å². The van der Waals surface area contributed by atoms with Crippen molar-refractivity contribution < 1.29 is 9.50 Å². The van der Waals surface area contributed by atoms with Gasteiger partial charge in [0.05, 0.1) is 0 Å². The summed E-state index contributed by atoms with van der Waals surface area (Å²) in [6, 6.07) is 3.57. The van der Waals surface area contributed by atoms with Crippen LogP contribution in [0.5, 0.6) is 5.75 Å². The fourth-order valence-electron chi connectivity index (χ4n) is 1.12.